The molecule has 1 saturated heterocycles. The minimum atomic E-state index is 0.470. The van der Waals surface area contributed by atoms with Crippen LogP contribution in [0.15, 0.2) is 18.3 Å². The maximum Gasteiger partial charge on any atom is 0.140 e. The standard InChI is InChI=1S/C13H18N4/c1-17(10-12-4-2-3-7-15-12)13-6-5-11(8-14)16-9-13/h5-6,9,12,15H,2-4,7,10H2,1H3. The van der Waals surface area contributed by atoms with Crippen molar-refractivity contribution in [3.63, 3.8) is 0 Å². The van der Waals surface area contributed by atoms with Gasteiger partial charge in [0.05, 0.1) is 11.9 Å². The van der Waals surface area contributed by atoms with E-state index < -0.39 is 0 Å². The van der Waals surface area contributed by atoms with Crippen molar-refractivity contribution in [3.8, 4) is 6.07 Å². The number of aromatic nitrogens is 1. The summed E-state index contributed by atoms with van der Waals surface area (Å²) < 4.78 is 0. The van der Waals surface area contributed by atoms with Gasteiger partial charge in [-0.05, 0) is 31.5 Å². The van der Waals surface area contributed by atoms with Crippen LogP contribution < -0.4 is 10.2 Å². The molecule has 1 aromatic heterocycles. The molecule has 0 aromatic carbocycles. The molecule has 1 N–H and O–H groups in total. The van der Waals surface area contributed by atoms with Crippen LogP contribution in [-0.4, -0.2) is 31.2 Å². The Balaban J connectivity index is 1.94. The van der Waals surface area contributed by atoms with Gasteiger partial charge < -0.3 is 10.2 Å². The fourth-order valence-electron chi connectivity index (χ4n) is 2.19. The van der Waals surface area contributed by atoms with Crippen molar-refractivity contribution in [3.05, 3.63) is 24.0 Å². The second-order valence-electron chi connectivity index (χ2n) is 4.54. The Morgan fingerprint density at radius 3 is 3.00 bits per heavy atom. The molecule has 0 spiro atoms. The van der Waals surface area contributed by atoms with Gasteiger partial charge in [-0.1, -0.05) is 6.42 Å². The van der Waals surface area contributed by atoms with Gasteiger partial charge in [-0.25, -0.2) is 4.98 Å². The van der Waals surface area contributed by atoms with E-state index in [-0.39, 0.29) is 0 Å². The molecule has 4 heteroatoms. The largest absolute Gasteiger partial charge is 0.372 e. The van der Waals surface area contributed by atoms with Crippen LogP contribution in [0.3, 0.4) is 0 Å². The van der Waals surface area contributed by atoms with E-state index in [4.69, 9.17) is 5.26 Å². The van der Waals surface area contributed by atoms with Crippen molar-refractivity contribution in [2.45, 2.75) is 25.3 Å². The van der Waals surface area contributed by atoms with Crippen LogP contribution in [0.5, 0.6) is 0 Å². The smallest absolute Gasteiger partial charge is 0.140 e. The maximum absolute atomic E-state index is 8.69. The number of hydrogen-bond acceptors (Lipinski definition) is 4. The molecule has 2 rings (SSSR count). The van der Waals surface area contributed by atoms with E-state index in [9.17, 15) is 0 Å². The molecule has 0 aliphatic carbocycles. The molecular weight excluding hydrogens is 212 g/mol. The Morgan fingerprint density at radius 2 is 2.41 bits per heavy atom. The molecule has 0 bridgehead atoms. The highest BCUT2D eigenvalue weighted by molar-refractivity contribution is 5.45. The van der Waals surface area contributed by atoms with Crippen LogP contribution >= 0.6 is 0 Å². The molecule has 2 heterocycles. The lowest BCUT2D eigenvalue weighted by atomic mass is 10.0. The first kappa shape index (κ1) is 11.9. The van der Waals surface area contributed by atoms with Gasteiger partial charge in [-0.15, -0.1) is 0 Å². The number of piperidine rings is 1. The zero-order chi connectivity index (χ0) is 12.1. The van der Waals surface area contributed by atoms with Crippen molar-refractivity contribution >= 4 is 5.69 Å². The van der Waals surface area contributed by atoms with Crippen molar-refractivity contribution in [2.24, 2.45) is 0 Å². The van der Waals surface area contributed by atoms with Gasteiger partial charge in [0, 0.05) is 19.6 Å². The molecule has 0 amide bonds. The van der Waals surface area contributed by atoms with Gasteiger partial charge in [0.1, 0.15) is 11.8 Å². The Kier molecular flexibility index (Phi) is 3.94. The minimum absolute atomic E-state index is 0.470. The summed E-state index contributed by atoms with van der Waals surface area (Å²) in [4.78, 5) is 6.28. The predicted octanol–water partition coefficient (Wildman–Crippen LogP) is 1.53. The average molecular weight is 230 g/mol. The molecule has 17 heavy (non-hydrogen) atoms. The van der Waals surface area contributed by atoms with E-state index in [1.165, 1.54) is 19.3 Å². The topological polar surface area (TPSA) is 52.0 Å². The summed E-state index contributed by atoms with van der Waals surface area (Å²) >= 11 is 0. The summed E-state index contributed by atoms with van der Waals surface area (Å²) in [5.74, 6) is 0. The molecule has 90 valence electrons. The van der Waals surface area contributed by atoms with E-state index >= 15 is 0 Å². The molecule has 1 aromatic rings. The van der Waals surface area contributed by atoms with Crippen LogP contribution in [0.1, 0.15) is 25.0 Å². The quantitative estimate of drug-likeness (QED) is 0.855. The third-order valence-electron chi connectivity index (χ3n) is 3.21. The Morgan fingerprint density at radius 1 is 1.53 bits per heavy atom. The number of likely N-dealkylation sites (N-methyl/N-ethyl adjacent to an activating group) is 1. The summed E-state index contributed by atoms with van der Waals surface area (Å²) in [6, 6.07) is 6.32. The molecule has 0 radical (unpaired) electrons. The van der Waals surface area contributed by atoms with Crippen LogP contribution in [0.25, 0.3) is 0 Å². The van der Waals surface area contributed by atoms with Gasteiger partial charge >= 0.3 is 0 Å². The molecule has 1 aliphatic heterocycles. The number of hydrogen-bond donors (Lipinski definition) is 1. The molecular formula is C13H18N4. The van der Waals surface area contributed by atoms with Gasteiger partial charge in [0.2, 0.25) is 0 Å². The SMILES string of the molecule is CN(CC1CCCCN1)c1ccc(C#N)nc1. The van der Waals surface area contributed by atoms with E-state index in [2.05, 4.69) is 22.2 Å². The molecule has 1 fully saturated rings. The summed E-state index contributed by atoms with van der Waals surface area (Å²) in [6.07, 6.45) is 5.62. The molecule has 1 atom stereocenters. The number of anilines is 1. The highest BCUT2D eigenvalue weighted by atomic mass is 15.1. The van der Waals surface area contributed by atoms with E-state index in [1.54, 1.807) is 12.3 Å². The summed E-state index contributed by atoms with van der Waals surface area (Å²) in [6.45, 7) is 2.12. The zero-order valence-electron chi connectivity index (χ0n) is 10.2. The third-order valence-corrected chi connectivity index (χ3v) is 3.21. The highest BCUT2D eigenvalue weighted by Crippen LogP contribution is 2.14. The fourth-order valence-corrected chi connectivity index (χ4v) is 2.19. The predicted molar refractivity (Wildman–Crippen MR) is 67.9 cm³/mol. The molecule has 1 aliphatic rings. The van der Waals surface area contributed by atoms with Crippen LogP contribution in [0.4, 0.5) is 5.69 Å². The Bertz CT molecular complexity index is 387. The minimum Gasteiger partial charge on any atom is -0.372 e. The highest BCUT2D eigenvalue weighted by Gasteiger charge is 2.14. The maximum atomic E-state index is 8.69. The average Bonchev–Trinajstić information content (AvgIpc) is 2.40. The lowest BCUT2D eigenvalue weighted by Gasteiger charge is -2.29. The monoisotopic (exact) mass is 230 g/mol. The van der Waals surface area contributed by atoms with Gasteiger partial charge in [-0.3, -0.25) is 0 Å². The first-order valence-electron chi connectivity index (χ1n) is 6.10. The second-order valence-corrected chi connectivity index (χ2v) is 4.54. The van der Waals surface area contributed by atoms with Crippen molar-refractivity contribution in [1.82, 2.24) is 10.3 Å². The van der Waals surface area contributed by atoms with Crippen molar-refractivity contribution in [2.75, 3.05) is 25.0 Å². The first-order valence-corrected chi connectivity index (χ1v) is 6.10. The van der Waals surface area contributed by atoms with Gasteiger partial charge in [0.25, 0.3) is 0 Å². The number of pyridine rings is 1. The van der Waals surface area contributed by atoms with Crippen LogP contribution in [0.2, 0.25) is 0 Å². The molecule has 4 nitrogen and oxygen atoms in total. The fraction of sp³-hybridized carbons (Fsp3) is 0.538. The number of nitrogens with zero attached hydrogens (tertiary/aromatic N) is 3. The lowest BCUT2D eigenvalue weighted by Crippen LogP contribution is -2.42. The summed E-state index contributed by atoms with van der Waals surface area (Å²) in [5.41, 5.74) is 1.54. The van der Waals surface area contributed by atoms with Crippen molar-refractivity contribution < 1.29 is 0 Å². The second kappa shape index (κ2) is 5.65. The summed E-state index contributed by atoms with van der Waals surface area (Å²) in [7, 11) is 2.07. The van der Waals surface area contributed by atoms with Crippen molar-refractivity contribution in [1.29, 1.82) is 5.26 Å². The number of nitrogens with one attached hydrogen (secondary N) is 1. The zero-order valence-corrected chi connectivity index (χ0v) is 10.2. The first-order chi connectivity index (χ1) is 8.29. The molecule has 1 unspecified atom stereocenters. The lowest BCUT2D eigenvalue weighted by molar-refractivity contribution is 0.403. The Hall–Kier alpha value is -1.60. The van der Waals surface area contributed by atoms with Crippen LogP contribution in [-0.2, 0) is 0 Å². The number of nitriles is 1. The third kappa shape index (κ3) is 3.18. The van der Waals surface area contributed by atoms with E-state index in [0.717, 1.165) is 18.8 Å². The number of rotatable bonds is 3. The van der Waals surface area contributed by atoms with E-state index in [1.807, 2.05) is 12.1 Å². The van der Waals surface area contributed by atoms with Gasteiger partial charge in [-0.2, -0.15) is 5.26 Å². The summed E-state index contributed by atoms with van der Waals surface area (Å²) in [5, 5.41) is 12.2. The van der Waals surface area contributed by atoms with Gasteiger partial charge in [0.15, 0.2) is 0 Å². The normalized spacial score (nSPS) is 19.6. The Labute approximate surface area is 102 Å². The van der Waals surface area contributed by atoms with E-state index in [0.29, 0.717) is 11.7 Å². The molecule has 0 saturated carbocycles. The van der Waals surface area contributed by atoms with Crippen LogP contribution in [0, 0.1) is 11.3 Å².